The van der Waals surface area contributed by atoms with E-state index in [4.69, 9.17) is 14.7 Å². The summed E-state index contributed by atoms with van der Waals surface area (Å²) in [6.07, 6.45) is 4.53. The minimum Gasteiger partial charge on any atom is -0.491 e. The van der Waals surface area contributed by atoms with Gasteiger partial charge in [-0.3, -0.25) is 15.1 Å². The van der Waals surface area contributed by atoms with E-state index in [2.05, 4.69) is 48.5 Å². The lowest BCUT2D eigenvalue weighted by Crippen LogP contribution is -2.18. The second-order valence-electron chi connectivity index (χ2n) is 7.50. The molecule has 0 saturated heterocycles. The minimum absolute atomic E-state index is 0.0262. The minimum atomic E-state index is -0.863. The summed E-state index contributed by atoms with van der Waals surface area (Å²) in [5, 5.41) is 9.03. The van der Waals surface area contributed by atoms with Crippen molar-refractivity contribution in [2.75, 3.05) is 13.2 Å². The summed E-state index contributed by atoms with van der Waals surface area (Å²) < 4.78 is 5.80. The number of allylic oxidation sites excluding steroid dienone is 2. The lowest BCUT2D eigenvalue weighted by atomic mass is 10.0. The summed E-state index contributed by atoms with van der Waals surface area (Å²) in [7, 11) is 0. The van der Waals surface area contributed by atoms with Gasteiger partial charge in [0.15, 0.2) is 0 Å². The Bertz CT molecular complexity index is 1090. The summed E-state index contributed by atoms with van der Waals surface area (Å²) in [6, 6.07) is 24.0. The van der Waals surface area contributed by atoms with E-state index >= 15 is 0 Å². The molecule has 0 unspecified atom stereocenters. The molecule has 0 aliphatic heterocycles. The molecule has 5 heteroatoms. The fraction of sp³-hybridized carbons (Fsp3) is 0.179. The molecule has 0 heterocycles. The fourth-order valence-electron chi connectivity index (χ4n) is 3.39. The maximum atomic E-state index is 11.0. The zero-order valence-corrected chi connectivity index (χ0v) is 18.8. The van der Waals surface area contributed by atoms with E-state index in [0.29, 0.717) is 25.4 Å². The van der Waals surface area contributed by atoms with E-state index in [1.807, 2.05) is 43.3 Å². The summed E-state index contributed by atoms with van der Waals surface area (Å²) in [6.45, 7) is 6.29. The monoisotopic (exact) mass is 443 g/mol. The Morgan fingerprint density at radius 1 is 0.970 bits per heavy atom. The van der Waals surface area contributed by atoms with E-state index in [9.17, 15) is 4.79 Å². The SMILES string of the molecule is C=CCC=C(NOCCOc1cccc(CC(=O)O)c1C)c1ccc(-c2ccccc2)cc1. The van der Waals surface area contributed by atoms with Gasteiger partial charge in [0.05, 0.1) is 12.1 Å². The van der Waals surface area contributed by atoms with E-state index in [1.54, 1.807) is 12.1 Å². The van der Waals surface area contributed by atoms with Crippen LogP contribution in [0.3, 0.4) is 0 Å². The Morgan fingerprint density at radius 2 is 1.70 bits per heavy atom. The summed E-state index contributed by atoms with van der Waals surface area (Å²) in [5.41, 5.74) is 8.78. The van der Waals surface area contributed by atoms with Crippen LogP contribution in [-0.2, 0) is 16.1 Å². The van der Waals surface area contributed by atoms with Crippen LogP contribution in [0.25, 0.3) is 16.8 Å². The molecule has 0 aliphatic rings. The number of carboxylic acids is 1. The van der Waals surface area contributed by atoms with Crippen molar-refractivity contribution < 1.29 is 19.5 Å². The first-order valence-electron chi connectivity index (χ1n) is 10.9. The zero-order valence-electron chi connectivity index (χ0n) is 18.8. The van der Waals surface area contributed by atoms with E-state index < -0.39 is 5.97 Å². The normalized spacial score (nSPS) is 11.1. The summed E-state index contributed by atoms with van der Waals surface area (Å²) in [4.78, 5) is 16.6. The van der Waals surface area contributed by atoms with Crippen molar-refractivity contribution in [1.29, 1.82) is 0 Å². The van der Waals surface area contributed by atoms with Crippen molar-refractivity contribution in [2.45, 2.75) is 19.8 Å². The smallest absolute Gasteiger partial charge is 0.307 e. The van der Waals surface area contributed by atoms with Crippen LogP contribution in [0.2, 0.25) is 0 Å². The number of ether oxygens (including phenoxy) is 1. The predicted molar refractivity (Wildman–Crippen MR) is 132 cm³/mol. The molecule has 3 rings (SSSR count). The van der Waals surface area contributed by atoms with Crippen molar-refractivity contribution in [3.63, 3.8) is 0 Å². The Morgan fingerprint density at radius 3 is 2.39 bits per heavy atom. The van der Waals surface area contributed by atoms with Gasteiger partial charge >= 0.3 is 5.97 Å². The lowest BCUT2D eigenvalue weighted by molar-refractivity contribution is -0.136. The molecule has 0 atom stereocenters. The maximum Gasteiger partial charge on any atom is 0.307 e. The molecule has 5 nitrogen and oxygen atoms in total. The Kier molecular flexibility index (Phi) is 8.86. The van der Waals surface area contributed by atoms with Crippen LogP contribution in [0.4, 0.5) is 0 Å². The molecule has 0 bridgehead atoms. The first-order chi connectivity index (χ1) is 16.1. The van der Waals surface area contributed by atoms with Crippen molar-refractivity contribution in [3.8, 4) is 16.9 Å². The Balaban J connectivity index is 1.56. The molecule has 0 radical (unpaired) electrons. The first-order valence-corrected chi connectivity index (χ1v) is 10.9. The third-order valence-corrected chi connectivity index (χ3v) is 5.15. The van der Waals surface area contributed by atoms with Gasteiger partial charge in [0.2, 0.25) is 0 Å². The third kappa shape index (κ3) is 7.09. The molecule has 0 amide bonds. The van der Waals surface area contributed by atoms with Crippen LogP contribution in [0.1, 0.15) is 23.1 Å². The van der Waals surface area contributed by atoms with E-state index in [0.717, 1.165) is 28.0 Å². The highest BCUT2D eigenvalue weighted by molar-refractivity contribution is 5.71. The van der Waals surface area contributed by atoms with Crippen molar-refractivity contribution in [1.82, 2.24) is 5.48 Å². The molecule has 0 spiro atoms. The first kappa shape index (κ1) is 23.8. The second-order valence-corrected chi connectivity index (χ2v) is 7.50. The average molecular weight is 444 g/mol. The zero-order chi connectivity index (χ0) is 23.5. The number of hydroxylamine groups is 1. The third-order valence-electron chi connectivity index (χ3n) is 5.15. The van der Waals surface area contributed by atoms with Gasteiger partial charge in [-0.1, -0.05) is 78.9 Å². The van der Waals surface area contributed by atoms with Gasteiger partial charge in [-0.2, -0.15) is 0 Å². The number of nitrogens with one attached hydrogen (secondary N) is 1. The molecule has 0 aliphatic carbocycles. The second kappa shape index (κ2) is 12.3. The van der Waals surface area contributed by atoms with Crippen LogP contribution < -0.4 is 10.2 Å². The maximum absolute atomic E-state index is 11.0. The number of hydrogen-bond donors (Lipinski definition) is 2. The quantitative estimate of drug-likeness (QED) is 0.210. The number of carboxylic acid groups (broad SMARTS) is 1. The van der Waals surface area contributed by atoms with Crippen LogP contribution >= 0.6 is 0 Å². The molecule has 0 saturated carbocycles. The van der Waals surface area contributed by atoms with Crippen LogP contribution in [-0.4, -0.2) is 24.3 Å². The number of benzene rings is 3. The van der Waals surface area contributed by atoms with Crippen LogP contribution in [0, 0.1) is 6.92 Å². The molecule has 0 aromatic heterocycles. The average Bonchev–Trinajstić information content (AvgIpc) is 2.83. The standard InChI is InChI=1S/C28H29NO4/c1-3-4-12-26(24-16-14-23(15-17-24)22-9-6-5-7-10-22)29-33-19-18-32-27-13-8-11-25(21(27)2)20-28(30)31/h3,5-17,29H,1,4,18-20H2,2H3,(H,30,31). The molecule has 2 N–H and O–H groups in total. The Labute approximate surface area is 195 Å². The lowest BCUT2D eigenvalue weighted by Gasteiger charge is -2.14. The van der Waals surface area contributed by atoms with Gasteiger partial charge < -0.3 is 9.84 Å². The predicted octanol–water partition coefficient (Wildman–Crippen LogP) is 5.81. The largest absolute Gasteiger partial charge is 0.491 e. The molecular weight excluding hydrogens is 414 g/mol. The van der Waals surface area contributed by atoms with Crippen molar-refractivity contribution in [2.24, 2.45) is 0 Å². The molecule has 170 valence electrons. The molecule has 0 fully saturated rings. The molecule has 3 aromatic rings. The van der Waals surface area contributed by atoms with E-state index in [-0.39, 0.29) is 6.42 Å². The van der Waals surface area contributed by atoms with Crippen molar-refractivity contribution >= 4 is 11.7 Å². The van der Waals surface area contributed by atoms with Gasteiger partial charge in [-0.05, 0) is 47.2 Å². The number of rotatable bonds is 12. The van der Waals surface area contributed by atoms with Crippen molar-refractivity contribution in [3.05, 3.63) is 108 Å². The van der Waals surface area contributed by atoms with Crippen LogP contribution in [0.15, 0.2) is 91.5 Å². The highest BCUT2D eigenvalue weighted by Gasteiger charge is 2.09. The number of hydrogen-bond acceptors (Lipinski definition) is 4. The molecule has 33 heavy (non-hydrogen) atoms. The Hall–Kier alpha value is -3.83. The fourth-order valence-corrected chi connectivity index (χ4v) is 3.39. The van der Waals surface area contributed by atoms with Crippen LogP contribution in [0.5, 0.6) is 5.75 Å². The van der Waals surface area contributed by atoms with Gasteiger partial charge in [-0.25, -0.2) is 0 Å². The highest BCUT2D eigenvalue weighted by Crippen LogP contribution is 2.23. The van der Waals surface area contributed by atoms with Gasteiger partial charge in [0.25, 0.3) is 0 Å². The molecule has 3 aromatic carbocycles. The van der Waals surface area contributed by atoms with Gasteiger partial charge in [-0.15, -0.1) is 6.58 Å². The molecular formula is C28H29NO4. The number of aliphatic carboxylic acids is 1. The topological polar surface area (TPSA) is 67.8 Å². The summed E-state index contributed by atoms with van der Waals surface area (Å²) in [5.74, 6) is -0.199. The van der Waals surface area contributed by atoms with E-state index in [1.165, 1.54) is 5.56 Å². The highest BCUT2D eigenvalue weighted by atomic mass is 16.7. The van der Waals surface area contributed by atoms with Gasteiger partial charge in [0.1, 0.15) is 19.0 Å². The van der Waals surface area contributed by atoms with Gasteiger partial charge in [0, 0.05) is 0 Å². The number of carbonyl (C=O) groups is 1. The summed E-state index contributed by atoms with van der Waals surface area (Å²) >= 11 is 0.